The zero-order chi connectivity index (χ0) is 18.8. The van der Waals surface area contributed by atoms with Gasteiger partial charge >= 0.3 is 12.1 Å². The Labute approximate surface area is 150 Å². The first-order valence-corrected chi connectivity index (χ1v) is 7.84. The molecule has 0 aliphatic heterocycles. The van der Waals surface area contributed by atoms with Crippen molar-refractivity contribution in [3.63, 3.8) is 0 Å². The fourth-order valence-electron chi connectivity index (χ4n) is 2.02. The molecule has 8 nitrogen and oxygen atoms in total. The van der Waals surface area contributed by atoms with E-state index in [1.807, 2.05) is 18.2 Å². The maximum Gasteiger partial charge on any atom is 0.408 e. The van der Waals surface area contributed by atoms with E-state index in [9.17, 15) is 14.4 Å². The highest BCUT2D eigenvalue weighted by Gasteiger charge is 2.23. The van der Waals surface area contributed by atoms with Crippen LogP contribution in [0.2, 0.25) is 0 Å². The number of pyridine rings is 1. The van der Waals surface area contributed by atoms with Gasteiger partial charge in [0.15, 0.2) is 0 Å². The van der Waals surface area contributed by atoms with Crippen LogP contribution in [0.15, 0.2) is 54.7 Å². The van der Waals surface area contributed by atoms with Crippen LogP contribution in [0.3, 0.4) is 0 Å². The quantitative estimate of drug-likeness (QED) is 0.723. The number of benzene rings is 1. The third kappa shape index (κ3) is 5.90. The molecule has 1 aromatic heterocycles. The number of alkyl carbamates (subject to hydrolysis) is 1. The van der Waals surface area contributed by atoms with Crippen LogP contribution in [0.5, 0.6) is 0 Å². The standard InChI is InChI=1S/C18H19N3O5/c1-25-17(23)15(11-20-16(22)14-9-5-6-10-19-14)21-18(24)26-12-13-7-3-2-4-8-13/h2-10,15H,11-12H2,1H3,(H,20,22)(H,21,24). The van der Waals surface area contributed by atoms with Gasteiger partial charge in [0.1, 0.15) is 18.3 Å². The average Bonchev–Trinajstić information content (AvgIpc) is 2.70. The van der Waals surface area contributed by atoms with Gasteiger partial charge in [0, 0.05) is 12.7 Å². The van der Waals surface area contributed by atoms with E-state index >= 15 is 0 Å². The normalized spacial score (nSPS) is 11.1. The van der Waals surface area contributed by atoms with E-state index in [1.165, 1.54) is 19.4 Å². The number of esters is 1. The third-order valence-electron chi connectivity index (χ3n) is 3.35. The molecule has 0 aliphatic rings. The van der Waals surface area contributed by atoms with E-state index < -0.39 is 24.0 Å². The largest absolute Gasteiger partial charge is 0.467 e. The molecular formula is C18H19N3O5. The average molecular weight is 357 g/mol. The fourth-order valence-corrected chi connectivity index (χ4v) is 2.02. The fraction of sp³-hybridized carbons (Fsp3) is 0.222. The maximum absolute atomic E-state index is 12.0. The Kier molecular flexibility index (Phi) is 7.11. The number of rotatable bonds is 7. The second kappa shape index (κ2) is 9.77. The lowest BCUT2D eigenvalue weighted by molar-refractivity contribution is -0.142. The molecule has 0 radical (unpaired) electrons. The predicted octanol–water partition coefficient (Wildman–Crippen LogP) is 1.28. The predicted molar refractivity (Wildman–Crippen MR) is 92.1 cm³/mol. The van der Waals surface area contributed by atoms with Crippen LogP contribution in [0.25, 0.3) is 0 Å². The van der Waals surface area contributed by atoms with Gasteiger partial charge in [-0.15, -0.1) is 0 Å². The molecule has 2 amide bonds. The van der Waals surface area contributed by atoms with Crippen molar-refractivity contribution >= 4 is 18.0 Å². The number of nitrogens with one attached hydrogen (secondary N) is 2. The summed E-state index contributed by atoms with van der Waals surface area (Å²) in [5.41, 5.74) is 1.00. The molecule has 8 heteroatoms. The SMILES string of the molecule is COC(=O)C(CNC(=O)c1ccccn1)NC(=O)OCc1ccccc1. The highest BCUT2D eigenvalue weighted by atomic mass is 16.6. The van der Waals surface area contributed by atoms with Gasteiger partial charge in [0.25, 0.3) is 5.91 Å². The molecule has 2 aromatic rings. The molecule has 0 spiro atoms. The first-order valence-electron chi connectivity index (χ1n) is 7.84. The summed E-state index contributed by atoms with van der Waals surface area (Å²) >= 11 is 0. The van der Waals surface area contributed by atoms with Gasteiger partial charge in [0.2, 0.25) is 0 Å². The minimum absolute atomic E-state index is 0.0564. The minimum Gasteiger partial charge on any atom is -0.467 e. The van der Waals surface area contributed by atoms with Crippen LogP contribution in [0, 0.1) is 0 Å². The number of carbonyl (C=O) groups excluding carboxylic acids is 3. The summed E-state index contributed by atoms with van der Waals surface area (Å²) in [6.07, 6.45) is 0.683. The minimum atomic E-state index is -1.09. The van der Waals surface area contributed by atoms with Crippen molar-refractivity contribution in [2.24, 2.45) is 0 Å². The lowest BCUT2D eigenvalue weighted by atomic mass is 10.2. The number of amides is 2. The topological polar surface area (TPSA) is 107 Å². The van der Waals surface area contributed by atoms with E-state index in [0.29, 0.717) is 0 Å². The molecule has 2 N–H and O–H groups in total. The highest BCUT2D eigenvalue weighted by molar-refractivity contribution is 5.92. The molecule has 0 saturated carbocycles. The lowest BCUT2D eigenvalue weighted by Crippen LogP contribution is -2.49. The van der Waals surface area contributed by atoms with Crippen molar-refractivity contribution in [2.75, 3.05) is 13.7 Å². The Morgan fingerprint density at radius 3 is 2.46 bits per heavy atom. The van der Waals surface area contributed by atoms with Crippen molar-refractivity contribution < 1.29 is 23.9 Å². The summed E-state index contributed by atoms with van der Waals surface area (Å²) in [5.74, 6) is -1.18. The molecule has 0 bridgehead atoms. The number of hydrogen-bond acceptors (Lipinski definition) is 6. The van der Waals surface area contributed by atoms with Crippen molar-refractivity contribution in [3.8, 4) is 0 Å². The first kappa shape index (κ1) is 18.9. The van der Waals surface area contributed by atoms with Gasteiger partial charge in [-0.25, -0.2) is 9.59 Å². The Hall–Kier alpha value is -3.42. The van der Waals surface area contributed by atoms with E-state index in [4.69, 9.17) is 4.74 Å². The van der Waals surface area contributed by atoms with Crippen LogP contribution < -0.4 is 10.6 Å². The number of aromatic nitrogens is 1. The third-order valence-corrected chi connectivity index (χ3v) is 3.35. The molecule has 26 heavy (non-hydrogen) atoms. The molecule has 1 heterocycles. The molecule has 1 atom stereocenters. The van der Waals surface area contributed by atoms with E-state index in [0.717, 1.165) is 5.56 Å². The Balaban J connectivity index is 1.87. The molecule has 136 valence electrons. The van der Waals surface area contributed by atoms with Crippen LogP contribution in [0.4, 0.5) is 4.79 Å². The van der Waals surface area contributed by atoms with Crippen molar-refractivity contribution in [1.82, 2.24) is 15.6 Å². The maximum atomic E-state index is 12.0. The number of carbonyl (C=O) groups is 3. The second-order valence-corrected chi connectivity index (χ2v) is 5.21. The van der Waals surface area contributed by atoms with Gasteiger partial charge in [-0.05, 0) is 17.7 Å². The Morgan fingerprint density at radius 2 is 1.81 bits per heavy atom. The summed E-state index contributed by atoms with van der Waals surface area (Å²) in [6.45, 7) is -0.108. The molecule has 0 fully saturated rings. The summed E-state index contributed by atoms with van der Waals surface area (Å²) in [4.78, 5) is 39.6. The molecular weight excluding hydrogens is 338 g/mol. The summed E-state index contributed by atoms with van der Waals surface area (Å²) in [5, 5.41) is 4.89. The van der Waals surface area contributed by atoms with Gasteiger partial charge < -0.3 is 20.1 Å². The Bertz CT molecular complexity index is 737. The first-order chi connectivity index (χ1) is 12.6. The summed E-state index contributed by atoms with van der Waals surface area (Å²) in [7, 11) is 1.19. The van der Waals surface area contributed by atoms with Gasteiger partial charge in [-0.3, -0.25) is 9.78 Å². The highest BCUT2D eigenvalue weighted by Crippen LogP contribution is 2.01. The lowest BCUT2D eigenvalue weighted by Gasteiger charge is -2.17. The molecule has 1 unspecified atom stereocenters. The van der Waals surface area contributed by atoms with Crippen molar-refractivity contribution in [1.29, 1.82) is 0 Å². The zero-order valence-electron chi connectivity index (χ0n) is 14.2. The number of methoxy groups -OCH3 is 1. The summed E-state index contributed by atoms with van der Waals surface area (Å²) in [6, 6.07) is 12.9. The number of nitrogens with zero attached hydrogens (tertiary/aromatic N) is 1. The number of ether oxygens (including phenoxy) is 2. The van der Waals surface area contributed by atoms with Crippen LogP contribution >= 0.6 is 0 Å². The van der Waals surface area contributed by atoms with E-state index in [-0.39, 0.29) is 18.8 Å². The smallest absolute Gasteiger partial charge is 0.408 e. The zero-order valence-corrected chi connectivity index (χ0v) is 14.2. The van der Waals surface area contributed by atoms with Gasteiger partial charge in [0.05, 0.1) is 7.11 Å². The van der Waals surface area contributed by atoms with Gasteiger partial charge in [-0.1, -0.05) is 36.4 Å². The number of hydrogen-bond donors (Lipinski definition) is 2. The molecule has 2 rings (SSSR count). The molecule has 0 aliphatic carbocycles. The van der Waals surface area contributed by atoms with Crippen LogP contribution in [0.1, 0.15) is 16.1 Å². The van der Waals surface area contributed by atoms with Crippen molar-refractivity contribution in [3.05, 3.63) is 66.0 Å². The van der Waals surface area contributed by atoms with Crippen LogP contribution in [-0.4, -0.2) is 42.7 Å². The Morgan fingerprint density at radius 1 is 1.08 bits per heavy atom. The molecule has 1 aromatic carbocycles. The van der Waals surface area contributed by atoms with Gasteiger partial charge in [-0.2, -0.15) is 0 Å². The van der Waals surface area contributed by atoms with E-state index in [1.54, 1.807) is 24.3 Å². The molecule has 0 saturated heterocycles. The van der Waals surface area contributed by atoms with Crippen molar-refractivity contribution in [2.45, 2.75) is 12.6 Å². The second-order valence-electron chi connectivity index (χ2n) is 5.21. The van der Waals surface area contributed by atoms with Crippen LogP contribution in [-0.2, 0) is 20.9 Å². The monoisotopic (exact) mass is 357 g/mol. The summed E-state index contributed by atoms with van der Waals surface area (Å²) < 4.78 is 9.70. The van der Waals surface area contributed by atoms with E-state index in [2.05, 4.69) is 20.4 Å².